The molecule has 0 saturated carbocycles. The van der Waals surface area contributed by atoms with E-state index in [1.165, 1.54) is 16.7 Å². The number of thiophene rings is 1. The topological polar surface area (TPSA) is 9.23 Å². The molecule has 0 aliphatic carbocycles. The van der Waals surface area contributed by atoms with Gasteiger partial charge < -0.3 is 4.74 Å². The molecule has 1 aromatic heterocycles. The summed E-state index contributed by atoms with van der Waals surface area (Å²) >= 11 is 5.52. The third-order valence-electron chi connectivity index (χ3n) is 2.78. The fourth-order valence-electron chi connectivity index (χ4n) is 1.81. The summed E-state index contributed by atoms with van der Waals surface area (Å²) in [7, 11) is 1.70. The molecule has 1 aromatic carbocycles. The first-order valence-corrected chi connectivity index (χ1v) is 7.36. The van der Waals surface area contributed by atoms with Crippen LogP contribution >= 0.6 is 27.3 Å². The fourth-order valence-corrected chi connectivity index (χ4v) is 3.75. The van der Waals surface area contributed by atoms with Gasteiger partial charge in [-0.1, -0.05) is 28.1 Å². The van der Waals surface area contributed by atoms with Crippen molar-refractivity contribution in [1.29, 1.82) is 0 Å². The Hall–Kier alpha value is -0.800. The molecule has 0 spiro atoms. The first-order valence-electron chi connectivity index (χ1n) is 5.50. The zero-order chi connectivity index (χ0) is 12.3. The molecule has 1 nitrogen and oxygen atoms in total. The van der Waals surface area contributed by atoms with E-state index in [4.69, 9.17) is 4.74 Å². The second kappa shape index (κ2) is 5.69. The van der Waals surface area contributed by atoms with Gasteiger partial charge in [0.1, 0.15) is 5.75 Å². The average Bonchev–Trinajstić information content (AvgIpc) is 2.76. The van der Waals surface area contributed by atoms with Gasteiger partial charge in [0.05, 0.1) is 7.11 Å². The number of methoxy groups -OCH3 is 1. The van der Waals surface area contributed by atoms with Crippen molar-refractivity contribution < 1.29 is 4.74 Å². The fraction of sp³-hybridized carbons (Fsp3) is 0.286. The molecule has 90 valence electrons. The summed E-state index contributed by atoms with van der Waals surface area (Å²) < 4.78 is 5.24. The van der Waals surface area contributed by atoms with E-state index in [-0.39, 0.29) is 0 Å². The highest BCUT2D eigenvalue weighted by molar-refractivity contribution is 9.09. The molecule has 0 amide bonds. The van der Waals surface area contributed by atoms with Crippen LogP contribution in [0.5, 0.6) is 5.75 Å². The Morgan fingerprint density at radius 2 is 2.18 bits per heavy atom. The third-order valence-corrected chi connectivity index (χ3v) is 4.48. The van der Waals surface area contributed by atoms with E-state index in [2.05, 4.69) is 45.7 Å². The van der Waals surface area contributed by atoms with Gasteiger partial charge in [-0.3, -0.25) is 0 Å². The number of alkyl halides is 1. The largest absolute Gasteiger partial charge is 0.497 e. The van der Waals surface area contributed by atoms with Crippen LogP contribution in [0.15, 0.2) is 35.0 Å². The molecule has 3 heteroatoms. The molecular weight excluding hydrogens is 296 g/mol. The zero-order valence-electron chi connectivity index (χ0n) is 9.94. The Balaban J connectivity index is 2.13. The maximum absolute atomic E-state index is 5.24. The molecule has 1 heterocycles. The standard InChI is InChI=1S/C14H15BrOS/c1-10-8-17-9-13(10)14(15)7-11-4-3-5-12(6-11)16-2/h3-6,8-9,14H,7H2,1-2H3. The lowest BCUT2D eigenvalue weighted by molar-refractivity contribution is 0.414. The van der Waals surface area contributed by atoms with Gasteiger partial charge in [0, 0.05) is 4.83 Å². The van der Waals surface area contributed by atoms with Gasteiger partial charge in [-0.25, -0.2) is 0 Å². The zero-order valence-corrected chi connectivity index (χ0v) is 12.3. The van der Waals surface area contributed by atoms with Crippen molar-refractivity contribution >= 4 is 27.3 Å². The van der Waals surface area contributed by atoms with E-state index >= 15 is 0 Å². The monoisotopic (exact) mass is 310 g/mol. The van der Waals surface area contributed by atoms with Gasteiger partial charge in [-0.05, 0) is 52.9 Å². The second-order valence-corrected chi connectivity index (χ2v) is 5.88. The molecule has 0 saturated heterocycles. The summed E-state index contributed by atoms with van der Waals surface area (Å²) in [5, 5.41) is 4.41. The smallest absolute Gasteiger partial charge is 0.119 e. The molecule has 1 atom stereocenters. The summed E-state index contributed by atoms with van der Waals surface area (Å²) in [5.74, 6) is 0.921. The molecule has 0 radical (unpaired) electrons. The van der Waals surface area contributed by atoms with Crippen LogP contribution in [0.25, 0.3) is 0 Å². The predicted molar refractivity (Wildman–Crippen MR) is 77.4 cm³/mol. The van der Waals surface area contributed by atoms with Crippen molar-refractivity contribution in [3.63, 3.8) is 0 Å². The van der Waals surface area contributed by atoms with E-state index in [1.54, 1.807) is 18.4 Å². The van der Waals surface area contributed by atoms with E-state index in [0.717, 1.165) is 12.2 Å². The predicted octanol–water partition coefficient (Wildman–Crippen LogP) is 4.74. The van der Waals surface area contributed by atoms with Crippen LogP contribution in [0, 0.1) is 6.92 Å². The van der Waals surface area contributed by atoms with Gasteiger partial charge >= 0.3 is 0 Å². The van der Waals surface area contributed by atoms with Crippen molar-refractivity contribution in [2.24, 2.45) is 0 Å². The maximum Gasteiger partial charge on any atom is 0.119 e. The summed E-state index contributed by atoms with van der Waals surface area (Å²) in [5.41, 5.74) is 4.04. The van der Waals surface area contributed by atoms with Gasteiger partial charge in [0.2, 0.25) is 0 Å². The van der Waals surface area contributed by atoms with Crippen LogP contribution in [-0.4, -0.2) is 7.11 Å². The quantitative estimate of drug-likeness (QED) is 0.741. The van der Waals surface area contributed by atoms with Gasteiger partial charge in [-0.15, -0.1) is 0 Å². The first-order chi connectivity index (χ1) is 8.20. The Kier molecular flexibility index (Phi) is 4.24. The highest BCUT2D eigenvalue weighted by Gasteiger charge is 2.12. The molecule has 2 rings (SSSR count). The lowest BCUT2D eigenvalue weighted by atomic mass is 10.0. The minimum atomic E-state index is 0.376. The van der Waals surface area contributed by atoms with Gasteiger partial charge in [0.25, 0.3) is 0 Å². The lowest BCUT2D eigenvalue weighted by Crippen LogP contribution is -1.96. The number of ether oxygens (including phenoxy) is 1. The Morgan fingerprint density at radius 1 is 1.35 bits per heavy atom. The number of hydrogen-bond acceptors (Lipinski definition) is 2. The van der Waals surface area contributed by atoms with Crippen molar-refractivity contribution in [2.45, 2.75) is 18.2 Å². The number of rotatable bonds is 4. The van der Waals surface area contributed by atoms with E-state index < -0.39 is 0 Å². The summed E-state index contributed by atoms with van der Waals surface area (Å²) in [4.78, 5) is 0.376. The minimum absolute atomic E-state index is 0.376. The normalized spacial score (nSPS) is 12.4. The molecule has 0 aliphatic heterocycles. The maximum atomic E-state index is 5.24. The van der Waals surface area contributed by atoms with Crippen LogP contribution in [-0.2, 0) is 6.42 Å². The third kappa shape index (κ3) is 3.11. The van der Waals surface area contributed by atoms with Crippen LogP contribution in [0.3, 0.4) is 0 Å². The molecule has 0 fully saturated rings. The summed E-state index contributed by atoms with van der Waals surface area (Å²) in [6.07, 6.45) is 0.981. The summed E-state index contributed by atoms with van der Waals surface area (Å²) in [6.45, 7) is 2.16. The van der Waals surface area contributed by atoms with Crippen LogP contribution in [0.2, 0.25) is 0 Å². The van der Waals surface area contributed by atoms with Crippen molar-refractivity contribution in [2.75, 3.05) is 7.11 Å². The van der Waals surface area contributed by atoms with Crippen LogP contribution in [0.1, 0.15) is 21.5 Å². The molecular formula is C14H15BrOS. The average molecular weight is 311 g/mol. The Bertz CT molecular complexity index is 492. The molecule has 1 unspecified atom stereocenters. The highest BCUT2D eigenvalue weighted by atomic mass is 79.9. The van der Waals surface area contributed by atoms with Crippen LogP contribution in [0.4, 0.5) is 0 Å². The van der Waals surface area contributed by atoms with Gasteiger partial charge in [-0.2, -0.15) is 11.3 Å². The van der Waals surface area contributed by atoms with Crippen molar-refractivity contribution in [1.82, 2.24) is 0 Å². The van der Waals surface area contributed by atoms with Crippen molar-refractivity contribution in [3.05, 3.63) is 51.7 Å². The summed E-state index contributed by atoms with van der Waals surface area (Å²) in [6, 6.07) is 8.24. The number of halogens is 1. The van der Waals surface area contributed by atoms with E-state index in [1.807, 2.05) is 12.1 Å². The van der Waals surface area contributed by atoms with Gasteiger partial charge in [0.15, 0.2) is 0 Å². The molecule has 0 bridgehead atoms. The molecule has 0 aliphatic rings. The first kappa shape index (κ1) is 12.7. The van der Waals surface area contributed by atoms with E-state index in [9.17, 15) is 0 Å². The molecule has 17 heavy (non-hydrogen) atoms. The second-order valence-electron chi connectivity index (χ2n) is 4.03. The minimum Gasteiger partial charge on any atom is -0.497 e. The lowest BCUT2D eigenvalue weighted by Gasteiger charge is -2.10. The number of benzene rings is 1. The Morgan fingerprint density at radius 3 is 2.82 bits per heavy atom. The SMILES string of the molecule is COc1cccc(CC(Br)c2cscc2C)c1. The van der Waals surface area contributed by atoms with Crippen molar-refractivity contribution in [3.8, 4) is 5.75 Å². The molecule has 2 aromatic rings. The Labute approximate surface area is 115 Å². The number of hydrogen-bond donors (Lipinski definition) is 0. The molecule has 0 N–H and O–H groups in total. The van der Waals surface area contributed by atoms with Crippen LogP contribution < -0.4 is 4.74 Å². The number of aryl methyl sites for hydroxylation is 1. The van der Waals surface area contributed by atoms with E-state index in [0.29, 0.717) is 4.83 Å². The highest BCUT2D eigenvalue weighted by Crippen LogP contribution is 2.32.